The molecule has 2 atom stereocenters. The molecule has 0 bridgehead atoms. The first kappa shape index (κ1) is 19.8. The van der Waals surface area contributed by atoms with Crippen molar-refractivity contribution >= 4 is 23.2 Å². The molecule has 3 N–H and O–H groups in total. The number of carbonyl (C=O) groups is 1. The van der Waals surface area contributed by atoms with E-state index in [1.165, 1.54) is 0 Å². The van der Waals surface area contributed by atoms with Crippen LogP contribution in [0.15, 0.2) is 24.5 Å². The summed E-state index contributed by atoms with van der Waals surface area (Å²) in [7, 11) is 1.63. The van der Waals surface area contributed by atoms with Crippen molar-refractivity contribution < 1.29 is 19.0 Å². The predicted octanol–water partition coefficient (Wildman–Crippen LogP) is 2.45. The van der Waals surface area contributed by atoms with E-state index in [-0.39, 0.29) is 24.3 Å². The van der Waals surface area contributed by atoms with Gasteiger partial charge in [-0.2, -0.15) is 10.2 Å². The van der Waals surface area contributed by atoms with E-state index in [1.807, 2.05) is 12.1 Å². The first-order chi connectivity index (χ1) is 15.2. The molecule has 1 saturated carbocycles. The summed E-state index contributed by atoms with van der Waals surface area (Å²) < 4.78 is 18.2. The van der Waals surface area contributed by atoms with Gasteiger partial charge in [-0.25, -0.2) is 14.3 Å². The number of ether oxygens (including phenoxy) is 3. The summed E-state index contributed by atoms with van der Waals surface area (Å²) in [4.78, 5) is 16.4. The van der Waals surface area contributed by atoms with Crippen LogP contribution in [0.1, 0.15) is 43.2 Å². The number of fused-ring (bicyclic) bond motifs is 1. The number of anilines is 2. The number of methoxy groups -OCH3 is 1. The Balaban J connectivity index is 1.21. The molecule has 3 aromatic rings. The van der Waals surface area contributed by atoms with Gasteiger partial charge in [0.25, 0.3) is 0 Å². The number of aromatic amines is 1. The molecule has 1 saturated heterocycles. The molecule has 11 nitrogen and oxygen atoms in total. The largest absolute Gasteiger partial charge is 0.444 e. The van der Waals surface area contributed by atoms with Crippen LogP contribution < -0.4 is 10.6 Å². The normalized spacial score (nSPS) is 21.2. The fourth-order valence-corrected chi connectivity index (χ4v) is 3.78. The molecule has 0 spiro atoms. The molecule has 1 aliphatic heterocycles. The second-order valence-electron chi connectivity index (χ2n) is 7.87. The van der Waals surface area contributed by atoms with Crippen molar-refractivity contribution in [1.82, 2.24) is 30.1 Å². The number of rotatable bonds is 7. The second kappa shape index (κ2) is 8.52. The molecule has 31 heavy (non-hydrogen) atoms. The summed E-state index contributed by atoms with van der Waals surface area (Å²) in [5.74, 6) is 1.25. The molecule has 2 aliphatic rings. The zero-order valence-corrected chi connectivity index (χ0v) is 17.2. The van der Waals surface area contributed by atoms with E-state index in [0.29, 0.717) is 31.3 Å². The number of nitrogens with zero attached hydrogens (tertiary/aromatic N) is 4. The molecule has 2 unspecified atom stereocenters. The van der Waals surface area contributed by atoms with Crippen LogP contribution in [0.2, 0.25) is 0 Å². The molecule has 11 heteroatoms. The summed E-state index contributed by atoms with van der Waals surface area (Å²) in [6.45, 7) is 0.790. The zero-order chi connectivity index (χ0) is 21.2. The van der Waals surface area contributed by atoms with Crippen LogP contribution in [0.4, 0.5) is 16.4 Å². The Hall–Kier alpha value is -3.18. The Bertz CT molecular complexity index is 1060. The summed E-state index contributed by atoms with van der Waals surface area (Å²) in [5, 5.41) is 17.9. The molecule has 164 valence electrons. The number of H-pyrrole nitrogens is 1. The lowest BCUT2D eigenvalue weighted by atomic mass is 9.93. The van der Waals surface area contributed by atoms with Crippen LogP contribution in [-0.4, -0.2) is 56.8 Å². The number of carbonyl (C=O) groups excluding carboxylic acids is 1. The highest BCUT2D eigenvalue weighted by atomic mass is 16.6. The molecule has 0 aromatic carbocycles. The van der Waals surface area contributed by atoms with Gasteiger partial charge in [-0.05, 0) is 25.3 Å². The van der Waals surface area contributed by atoms with Crippen molar-refractivity contribution in [2.75, 3.05) is 19.0 Å². The molecular weight excluding hydrogens is 402 g/mol. The minimum Gasteiger partial charge on any atom is -0.444 e. The fourth-order valence-electron chi connectivity index (χ4n) is 3.78. The first-order valence-corrected chi connectivity index (χ1v) is 10.4. The number of alkyl carbamates (subject to hydrolysis) is 1. The van der Waals surface area contributed by atoms with E-state index < -0.39 is 0 Å². The fraction of sp³-hybridized carbons (Fsp3) is 0.500. The van der Waals surface area contributed by atoms with Crippen LogP contribution >= 0.6 is 0 Å². The summed E-state index contributed by atoms with van der Waals surface area (Å²) in [6.07, 6.45) is 6.40. The Morgan fingerprint density at radius 1 is 1.39 bits per heavy atom. The standard InChI is InChI=1S/C20H25N7O4/c1-29-10-13-7-16-19(21-5-6-27(16)26-13)23-18-9-15(24-25-18)17-8-14(11-30-17)31-20(28)22-12-3-2-4-12/h5-7,9,12,14,17H,2-4,8,10-11H2,1H3,(H,22,28)(H2,21,23,24,25). The maximum atomic E-state index is 12.0. The maximum Gasteiger partial charge on any atom is 0.407 e. The zero-order valence-electron chi connectivity index (χ0n) is 17.2. The predicted molar refractivity (Wildman–Crippen MR) is 110 cm³/mol. The minimum absolute atomic E-state index is 0.212. The highest BCUT2D eigenvalue weighted by Crippen LogP contribution is 2.31. The second-order valence-corrected chi connectivity index (χ2v) is 7.87. The smallest absolute Gasteiger partial charge is 0.407 e. The van der Waals surface area contributed by atoms with Gasteiger partial charge in [-0.15, -0.1) is 0 Å². The van der Waals surface area contributed by atoms with Crippen LogP contribution in [0, 0.1) is 0 Å². The number of aromatic nitrogens is 5. The first-order valence-electron chi connectivity index (χ1n) is 10.4. The Morgan fingerprint density at radius 3 is 3.10 bits per heavy atom. The van der Waals surface area contributed by atoms with Crippen LogP contribution in [0.5, 0.6) is 0 Å². The van der Waals surface area contributed by atoms with Crippen molar-refractivity contribution in [3.63, 3.8) is 0 Å². The average Bonchev–Trinajstić information content (AvgIpc) is 3.45. The number of amides is 1. The molecule has 0 radical (unpaired) electrons. The number of hydrogen-bond acceptors (Lipinski definition) is 8. The lowest BCUT2D eigenvalue weighted by Crippen LogP contribution is -2.41. The van der Waals surface area contributed by atoms with Crippen LogP contribution in [0.25, 0.3) is 5.52 Å². The Kier molecular flexibility index (Phi) is 5.43. The molecule has 3 aromatic heterocycles. The van der Waals surface area contributed by atoms with Gasteiger partial charge >= 0.3 is 6.09 Å². The van der Waals surface area contributed by atoms with E-state index in [1.54, 1.807) is 24.0 Å². The topological polar surface area (TPSA) is 128 Å². The third kappa shape index (κ3) is 4.32. The summed E-state index contributed by atoms with van der Waals surface area (Å²) in [5.41, 5.74) is 2.45. The maximum absolute atomic E-state index is 12.0. The van der Waals surface area contributed by atoms with Gasteiger partial charge in [0.1, 0.15) is 17.7 Å². The van der Waals surface area contributed by atoms with Crippen molar-refractivity contribution in [3.8, 4) is 0 Å². The van der Waals surface area contributed by atoms with E-state index in [2.05, 4.69) is 30.9 Å². The Morgan fingerprint density at radius 2 is 2.29 bits per heavy atom. The van der Waals surface area contributed by atoms with E-state index in [9.17, 15) is 4.79 Å². The molecule has 1 aliphatic carbocycles. The van der Waals surface area contributed by atoms with Crippen LogP contribution in [-0.2, 0) is 20.8 Å². The van der Waals surface area contributed by atoms with Crippen LogP contribution in [0.3, 0.4) is 0 Å². The van der Waals surface area contributed by atoms with E-state index in [4.69, 9.17) is 14.2 Å². The molecule has 4 heterocycles. The van der Waals surface area contributed by atoms with Crippen molar-refractivity contribution in [1.29, 1.82) is 0 Å². The molecular formula is C20H25N7O4. The average molecular weight is 427 g/mol. The van der Waals surface area contributed by atoms with Gasteiger partial charge in [-0.1, -0.05) is 0 Å². The highest BCUT2D eigenvalue weighted by Gasteiger charge is 2.31. The lowest BCUT2D eigenvalue weighted by molar-refractivity contribution is 0.0660. The quantitative estimate of drug-likeness (QED) is 0.525. The minimum atomic E-state index is -0.362. The van der Waals surface area contributed by atoms with Crippen molar-refractivity contribution in [2.24, 2.45) is 0 Å². The van der Waals surface area contributed by atoms with Gasteiger partial charge in [0.15, 0.2) is 11.6 Å². The third-order valence-corrected chi connectivity index (χ3v) is 5.58. The third-order valence-electron chi connectivity index (χ3n) is 5.58. The Labute approximate surface area is 178 Å². The van der Waals surface area contributed by atoms with Gasteiger partial charge in [0.05, 0.1) is 24.6 Å². The molecule has 5 rings (SSSR count). The highest BCUT2D eigenvalue weighted by molar-refractivity contribution is 5.72. The summed E-state index contributed by atoms with van der Waals surface area (Å²) in [6, 6.07) is 4.05. The van der Waals surface area contributed by atoms with Crippen molar-refractivity contribution in [2.45, 2.75) is 50.5 Å². The molecule has 2 fully saturated rings. The monoisotopic (exact) mass is 427 g/mol. The van der Waals surface area contributed by atoms with Crippen molar-refractivity contribution in [3.05, 3.63) is 35.9 Å². The SMILES string of the molecule is COCc1cc2c(Nc3cc(C4CC(OC(=O)NC5CCC5)CO4)[nH]n3)nccn2n1. The number of nitrogens with one attached hydrogen (secondary N) is 3. The number of hydrogen-bond donors (Lipinski definition) is 3. The van der Waals surface area contributed by atoms with E-state index in [0.717, 1.165) is 36.2 Å². The van der Waals surface area contributed by atoms with Gasteiger partial charge < -0.3 is 24.8 Å². The molecule has 1 amide bonds. The van der Waals surface area contributed by atoms with Gasteiger partial charge in [-0.3, -0.25) is 5.10 Å². The van der Waals surface area contributed by atoms with E-state index >= 15 is 0 Å². The lowest BCUT2D eigenvalue weighted by Gasteiger charge is -2.26. The van der Waals surface area contributed by atoms with Gasteiger partial charge in [0, 0.05) is 38.0 Å². The van der Waals surface area contributed by atoms with Gasteiger partial charge in [0.2, 0.25) is 0 Å². The summed E-state index contributed by atoms with van der Waals surface area (Å²) >= 11 is 0.